The van der Waals surface area contributed by atoms with Crippen LogP contribution in [-0.4, -0.2) is 0 Å². The number of hydrogen-bond acceptors (Lipinski definition) is 3. The van der Waals surface area contributed by atoms with Crippen LogP contribution in [0.1, 0.15) is 0 Å². The number of para-hydroxylation sites is 2. The van der Waals surface area contributed by atoms with Crippen LogP contribution in [0.2, 0.25) is 0 Å². The summed E-state index contributed by atoms with van der Waals surface area (Å²) in [6.07, 6.45) is 0. The van der Waals surface area contributed by atoms with Gasteiger partial charge in [0.15, 0.2) is 0 Å². The number of benzene rings is 10. The van der Waals surface area contributed by atoms with Crippen LogP contribution >= 0.6 is 0 Å². The SMILES string of the molecule is c1ccc(-c2cccc3c2oc2ccc(-c4ccc(N(c5ccc(-c6ccc7ccccc7c6)cc5)c5ccc(-c6ccc7c(c6)oc6ccccc67)cc5)cc4)cc23)cc1. The van der Waals surface area contributed by atoms with Crippen molar-refractivity contribution in [3.63, 3.8) is 0 Å². The fraction of sp³-hybridized carbons (Fsp3) is 0. The predicted octanol–water partition coefficient (Wildman–Crippen LogP) is 16.8. The average Bonchev–Trinajstić information content (AvgIpc) is 3.90. The molecule has 0 fully saturated rings. The van der Waals surface area contributed by atoms with Crippen molar-refractivity contribution in [1.82, 2.24) is 0 Å². The van der Waals surface area contributed by atoms with Gasteiger partial charge in [0, 0.05) is 44.2 Å². The summed E-state index contributed by atoms with van der Waals surface area (Å²) >= 11 is 0. The first-order valence-corrected chi connectivity index (χ1v) is 20.7. The van der Waals surface area contributed by atoms with Crippen molar-refractivity contribution in [3.8, 4) is 44.5 Å². The molecule has 12 aromatic rings. The zero-order valence-corrected chi connectivity index (χ0v) is 33.1. The Kier molecular flexibility index (Phi) is 8.17. The fourth-order valence-electron chi connectivity index (χ4n) is 8.95. The Labute approximate surface area is 353 Å². The third kappa shape index (κ3) is 6.14. The molecule has 0 saturated carbocycles. The smallest absolute Gasteiger partial charge is 0.143 e. The first-order valence-electron chi connectivity index (χ1n) is 20.7. The van der Waals surface area contributed by atoms with Gasteiger partial charge in [0.05, 0.1) is 0 Å². The molecule has 10 aromatic carbocycles. The number of hydrogen-bond donors (Lipinski definition) is 0. The topological polar surface area (TPSA) is 29.5 Å². The Hall–Kier alpha value is -8.14. The van der Waals surface area contributed by atoms with Gasteiger partial charge in [-0.05, 0) is 123 Å². The van der Waals surface area contributed by atoms with E-state index in [0.717, 1.165) is 94.3 Å². The van der Waals surface area contributed by atoms with Crippen LogP contribution in [0.15, 0.2) is 233 Å². The van der Waals surface area contributed by atoms with E-state index in [-0.39, 0.29) is 0 Å². The first-order chi connectivity index (χ1) is 30.2. The van der Waals surface area contributed by atoms with Crippen molar-refractivity contribution in [1.29, 1.82) is 0 Å². The Bertz CT molecular complexity index is 3560. The summed E-state index contributed by atoms with van der Waals surface area (Å²) in [5, 5.41) is 6.99. The molecule has 3 nitrogen and oxygen atoms in total. The molecule has 61 heavy (non-hydrogen) atoms. The summed E-state index contributed by atoms with van der Waals surface area (Å²) in [7, 11) is 0. The summed E-state index contributed by atoms with van der Waals surface area (Å²) < 4.78 is 12.7. The number of anilines is 3. The molecule has 0 aliphatic heterocycles. The van der Waals surface area contributed by atoms with Gasteiger partial charge in [-0.25, -0.2) is 0 Å². The third-order valence-corrected chi connectivity index (χ3v) is 12.1. The van der Waals surface area contributed by atoms with E-state index in [1.807, 2.05) is 18.2 Å². The van der Waals surface area contributed by atoms with Crippen molar-refractivity contribution in [2.75, 3.05) is 4.90 Å². The van der Waals surface area contributed by atoms with Gasteiger partial charge in [-0.3, -0.25) is 0 Å². The Morgan fingerprint density at radius 3 is 1.51 bits per heavy atom. The lowest BCUT2D eigenvalue weighted by molar-refractivity contribution is 0.669. The molecule has 0 atom stereocenters. The van der Waals surface area contributed by atoms with Crippen molar-refractivity contribution >= 4 is 71.7 Å². The third-order valence-electron chi connectivity index (χ3n) is 12.1. The van der Waals surface area contributed by atoms with E-state index in [0.29, 0.717) is 0 Å². The minimum absolute atomic E-state index is 0.887. The van der Waals surface area contributed by atoms with Crippen LogP contribution in [0.25, 0.3) is 99.2 Å². The molecule has 12 rings (SSSR count). The maximum Gasteiger partial charge on any atom is 0.143 e. The zero-order valence-electron chi connectivity index (χ0n) is 33.1. The number of furan rings is 2. The van der Waals surface area contributed by atoms with Crippen molar-refractivity contribution < 1.29 is 8.83 Å². The summed E-state index contributed by atoms with van der Waals surface area (Å²) in [6.45, 7) is 0. The van der Waals surface area contributed by atoms with E-state index >= 15 is 0 Å². The highest BCUT2D eigenvalue weighted by Gasteiger charge is 2.17. The van der Waals surface area contributed by atoms with Crippen LogP contribution in [0.5, 0.6) is 0 Å². The summed E-state index contributed by atoms with van der Waals surface area (Å²) in [4.78, 5) is 2.33. The average molecular weight is 780 g/mol. The largest absolute Gasteiger partial charge is 0.456 e. The molecule has 2 aromatic heterocycles. The normalized spacial score (nSPS) is 11.6. The van der Waals surface area contributed by atoms with Gasteiger partial charge in [-0.1, -0.05) is 152 Å². The number of rotatable bonds is 7. The molecular formula is C58H37NO2. The molecule has 0 spiro atoms. The lowest BCUT2D eigenvalue weighted by atomic mass is 9.99. The standard InChI is InChI=1S/C58H37NO2/c1-2-10-42(11-3-1)50-14-8-15-53-54-36-45(26-34-56(54)61-58(50)53)40-21-29-48(30-22-40)59(47-27-19-39(20-28-47)44-18-17-38-9-4-5-12-43(38)35-44)49-31-23-41(24-32-49)46-25-33-52-51-13-6-7-16-55(51)60-57(52)37-46/h1-37H. The molecule has 0 unspecified atom stereocenters. The molecule has 0 saturated heterocycles. The Balaban J connectivity index is 0.907. The number of nitrogens with zero attached hydrogens (tertiary/aromatic N) is 1. The van der Waals surface area contributed by atoms with Gasteiger partial charge >= 0.3 is 0 Å². The second-order valence-electron chi connectivity index (χ2n) is 15.7. The zero-order chi connectivity index (χ0) is 40.3. The molecule has 0 radical (unpaired) electrons. The van der Waals surface area contributed by atoms with E-state index in [1.54, 1.807) is 0 Å². The molecule has 2 heterocycles. The molecule has 0 aliphatic rings. The van der Waals surface area contributed by atoms with Gasteiger partial charge in [0.25, 0.3) is 0 Å². The lowest BCUT2D eigenvalue weighted by Crippen LogP contribution is -2.09. The maximum atomic E-state index is 6.49. The lowest BCUT2D eigenvalue weighted by Gasteiger charge is -2.26. The highest BCUT2D eigenvalue weighted by Crippen LogP contribution is 2.41. The van der Waals surface area contributed by atoms with E-state index in [9.17, 15) is 0 Å². The van der Waals surface area contributed by atoms with Crippen molar-refractivity contribution in [2.45, 2.75) is 0 Å². The van der Waals surface area contributed by atoms with Gasteiger partial charge in [-0.2, -0.15) is 0 Å². The van der Waals surface area contributed by atoms with Crippen LogP contribution < -0.4 is 4.90 Å². The second-order valence-corrected chi connectivity index (χ2v) is 15.7. The van der Waals surface area contributed by atoms with Crippen LogP contribution in [0, 0.1) is 0 Å². The van der Waals surface area contributed by atoms with Crippen LogP contribution in [0.3, 0.4) is 0 Å². The van der Waals surface area contributed by atoms with Gasteiger partial charge < -0.3 is 13.7 Å². The van der Waals surface area contributed by atoms with Gasteiger partial charge in [0.1, 0.15) is 22.3 Å². The van der Waals surface area contributed by atoms with Gasteiger partial charge in [-0.15, -0.1) is 0 Å². The molecular weight excluding hydrogens is 743 g/mol. The summed E-state index contributed by atoms with van der Waals surface area (Å²) in [6, 6.07) is 80.0. The summed E-state index contributed by atoms with van der Waals surface area (Å²) in [5.74, 6) is 0. The minimum Gasteiger partial charge on any atom is -0.456 e. The second kappa shape index (κ2) is 14.3. The van der Waals surface area contributed by atoms with Gasteiger partial charge in [0.2, 0.25) is 0 Å². The van der Waals surface area contributed by atoms with Crippen molar-refractivity contribution in [3.05, 3.63) is 224 Å². The molecule has 0 aliphatic carbocycles. The molecule has 0 N–H and O–H groups in total. The quantitative estimate of drug-likeness (QED) is 0.161. The Morgan fingerprint density at radius 1 is 0.262 bits per heavy atom. The predicted molar refractivity (Wildman–Crippen MR) is 255 cm³/mol. The first kappa shape index (κ1) is 34.9. The van der Waals surface area contributed by atoms with Crippen LogP contribution in [0.4, 0.5) is 17.1 Å². The monoisotopic (exact) mass is 779 g/mol. The molecule has 286 valence electrons. The van der Waals surface area contributed by atoms with E-state index in [2.05, 4.69) is 211 Å². The van der Waals surface area contributed by atoms with E-state index < -0.39 is 0 Å². The fourth-order valence-corrected chi connectivity index (χ4v) is 8.95. The minimum atomic E-state index is 0.887. The highest BCUT2D eigenvalue weighted by molar-refractivity contribution is 6.11. The Morgan fingerprint density at radius 2 is 0.787 bits per heavy atom. The van der Waals surface area contributed by atoms with E-state index in [4.69, 9.17) is 8.83 Å². The number of fused-ring (bicyclic) bond motifs is 7. The van der Waals surface area contributed by atoms with E-state index in [1.165, 1.54) is 21.9 Å². The molecule has 0 bridgehead atoms. The van der Waals surface area contributed by atoms with Crippen molar-refractivity contribution in [2.24, 2.45) is 0 Å². The maximum absolute atomic E-state index is 6.49. The van der Waals surface area contributed by atoms with Crippen LogP contribution in [-0.2, 0) is 0 Å². The molecule has 3 heteroatoms. The molecule has 0 amide bonds. The highest BCUT2D eigenvalue weighted by atomic mass is 16.3. The summed E-state index contributed by atoms with van der Waals surface area (Å²) in [5.41, 5.74) is 16.0.